The fourth-order valence-corrected chi connectivity index (χ4v) is 4.77. The second-order valence-electron chi connectivity index (χ2n) is 7.87. The van der Waals surface area contributed by atoms with E-state index in [0.29, 0.717) is 30.2 Å². The summed E-state index contributed by atoms with van der Waals surface area (Å²) in [4.78, 5) is 7.60. The first-order chi connectivity index (χ1) is 12.7. The molecule has 4 atom stereocenters. The van der Waals surface area contributed by atoms with E-state index in [1.54, 1.807) is 0 Å². The fourth-order valence-electron chi connectivity index (χ4n) is 4.77. The summed E-state index contributed by atoms with van der Waals surface area (Å²) in [5.74, 6) is 1.64. The number of guanidine groups is 1. The summed E-state index contributed by atoms with van der Waals surface area (Å²) < 4.78 is 11.6. The van der Waals surface area contributed by atoms with Crippen molar-refractivity contribution in [3.63, 3.8) is 0 Å². The Labute approximate surface area is 182 Å². The molecule has 4 unspecified atom stereocenters. The van der Waals surface area contributed by atoms with E-state index in [9.17, 15) is 0 Å². The minimum Gasteiger partial charge on any atom is -0.379 e. The van der Waals surface area contributed by atoms with Gasteiger partial charge in [0.15, 0.2) is 5.96 Å². The third-order valence-corrected chi connectivity index (χ3v) is 6.32. The number of ether oxygens (including phenoxy) is 2. The van der Waals surface area contributed by atoms with E-state index in [-0.39, 0.29) is 24.0 Å². The van der Waals surface area contributed by atoms with Gasteiger partial charge in [-0.05, 0) is 32.1 Å². The molecule has 0 saturated carbocycles. The highest BCUT2D eigenvalue weighted by molar-refractivity contribution is 14.0. The van der Waals surface area contributed by atoms with E-state index < -0.39 is 0 Å². The van der Waals surface area contributed by atoms with Crippen LogP contribution in [0.1, 0.15) is 52.9 Å². The van der Waals surface area contributed by atoms with Gasteiger partial charge in [0.05, 0.1) is 38.0 Å². The van der Waals surface area contributed by atoms with Crippen molar-refractivity contribution in [1.82, 2.24) is 15.5 Å². The van der Waals surface area contributed by atoms with Crippen molar-refractivity contribution in [3.05, 3.63) is 0 Å². The van der Waals surface area contributed by atoms with Crippen molar-refractivity contribution in [1.29, 1.82) is 0 Å². The van der Waals surface area contributed by atoms with Gasteiger partial charge in [-0.25, -0.2) is 0 Å². The molecule has 3 rings (SSSR count). The molecule has 158 valence electrons. The number of hydrogen-bond donors (Lipinski definition) is 2. The Bertz CT molecular complexity index is 455. The van der Waals surface area contributed by atoms with Gasteiger partial charge >= 0.3 is 0 Å². The van der Waals surface area contributed by atoms with E-state index in [0.717, 1.165) is 51.8 Å². The van der Waals surface area contributed by atoms with Crippen LogP contribution in [0.2, 0.25) is 0 Å². The molecule has 3 heterocycles. The number of fused-ring (bicyclic) bond motifs is 2. The van der Waals surface area contributed by atoms with Crippen molar-refractivity contribution >= 4 is 29.9 Å². The summed E-state index contributed by atoms with van der Waals surface area (Å²) in [5.41, 5.74) is 0. The average molecular weight is 494 g/mol. The van der Waals surface area contributed by atoms with Crippen LogP contribution >= 0.6 is 24.0 Å². The van der Waals surface area contributed by atoms with Crippen LogP contribution in [0.15, 0.2) is 4.99 Å². The SMILES string of the molecule is CCNC(=NCC(C(CC)CC)N1CCOCC1)NC1CC2CCC1O2.I. The molecule has 0 aliphatic carbocycles. The van der Waals surface area contributed by atoms with Crippen molar-refractivity contribution in [2.45, 2.75) is 77.2 Å². The summed E-state index contributed by atoms with van der Waals surface area (Å²) >= 11 is 0. The average Bonchev–Trinajstić information content (AvgIpc) is 3.29. The highest BCUT2D eigenvalue weighted by atomic mass is 127. The number of nitrogens with one attached hydrogen (secondary N) is 2. The normalized spacial score (nSPS) is 29.6. The molecule has 3 aliphatic heterocycles. The van der Waals surface area contributed by atoms with Gasteiger partial charge in [-0.15, -0.1) is 24.0 Å². The van der Waals surface area contributed by atoms with Crippen LogP contribution in [0.25, 0.3) is 0 Å². The maximum atomic E-state index is 5.99. The Kier molecular flexibility index (Phi) is 10.1. The molecule has 2 N–H and O–H groups in total. The fraction of sp³-hybridized carbons (Fsp3) is 0.950. The lowest BCUT2D eigenvalue weighted by molar-refractivity contribution is 0.00394. The van der Waals surface area contributed by atoms with E-state index in [1.807, 2.05) is 0 Å². The first-order valence-electron chi connectivity index (χ1n) is 10.8. The number of nitrogens with zero attached hydrogens (tertiary/aromatic N) is 2. The van der Waals surface area contributed by atoms with Crippen LogP contribution in [-0.4, -0.2) is 74.5 Å². The maximum absolute atomic E-state index is 5.99. The predicted octanol–water partition coefficient (Wildman–Crippen LogP) is 2.62. The molecule has 27 heavy (non-hydrogen) atoms. The smallest absolute Gasteiger partial charge is 0.191 e. The van der Waals surface area contributed by atoms with Gasteiger partial charge in [-0.1, -0.05) is 26.7 Å². The lowest BCUT2D eigenvalue weighted by atomic mass is 9.92. The highest BCUT2D eigenvalue weighted by Gasteiger charge is 2.41. The van der Waals surface area contributed by atoms with E-state index in [2.05, 4.69) is 36.3 Å². The minimum absolute atomic E-state index is 0. The Morgan fingerprint density at radius 3 is 2.44 bits per heavy atom. The summed E-state index contributed by atoms with van der Waals surface area (Å²) in [6.07, 6.45) is 6.78. The first-order valence-corrected chi connectivity index (χ1v) is 10.8. The zero-order valence-electron chi connectivity index (χ0n) is 17.3. The molecule has 0 aromatic carbocycles. The molecule has 0 amide bonds. The van der Waals surface area contributed by atoms with Gasteiger partial charge in [-0.3, -0.25) is 9.89 Å². The third-order valence-electron chi connectivity index (χ3n) is 6.32. The van der Waals surface area contributed by atoms with Crippen LogP contribution in [-0.2, 0) is 9.47 Å². The number of rotatable bonds is 8. The Balaban J connectivity index is 0.00000261. The molecule has 7 heteroatoms. The molecule has 3 aliphatic rings. The summed E-state index contributed by atoms with van der Waals surface area (Å²) in [7, 11) is 0. The number of hydrogen-bond acceptors (Lipinski definition) is 4. The molecule has 0 radical (unpaired) electrons. The molecule has 0 aromatic heterocycles. The molecule has 6 nitrogen and oxygen atoms in total. The maximum Gasteiger partial charge on any atom is 0.191 e. The number of halogens is 1. The Morgan fingerprint density at radius 1 is 1.15 bits per heavy atom. The lowest BCUT2D eigenvalue weighted by Crippen LogP contribution is -2.50. The van der Waals surface area contributed by atoms with Crippen LogP contribution in [0.4, 0.5) is 0 Å². The van der Waals surface area contributed by atoms with Gasteiger partial charge in [0.1, 0.15) is 0 Å². The van der Waals surface area contributed by atoms with Gasteiger partial charge in [0, 0.05) is 25.7 Å². The second-order valence-corrected chi connectivity index (χ2v) is 7.87. The van der Waals surface area contributed by atoms with Crippen molar-refractivity contribution in [2.75, 3.05) is 39.4 Å². The van der Waals surface area contributed by atoms with Gasteiger partial charge in [0.2, 0.25) is 0 Å². The zero-order chi connectivity index (χ0) is 18.4. The monoisotopic (exact) mass is 494 g/mol. The molecular weight excluding hydrogens is 455 g/mol. The molecule has 3 saturated heterocycles. The largest absolute Gasteiger partial charge is 0.379 e. The van der Waals surface area contributed by atoms with Crippen LogP contribution < -0.4 is 10.6 Å². The van der Waals surface area contributed by atoms with Gasteiger partial charge in [0.25, 0.3) is 0 Å². The van der Waals surface area contributed by atoms with Crippen molar-refractivity contribution in [2.24, 2.45) is 10.9 Å². The lowest BCUT2D eigenvalue weighted by Gasteiger charge is -2.38. The molecule has 2 bridgehead atoms. The van der Waals surface area contributed by atoms with E-state index in [1.165, 1.54) is 25.7 Å². The van der Waals surface area contributed by atoms with Crippen LogP contribution in [0.5, 0.6) is 0 Å². The quantitative estimate of drug-likeness (QED) is 0.309. The van der Waals surface area contributed by atoms with Gasteiger partial charge < -0.3 is 20.1 Å². The molecular formula is C20H39IN4O2. The number of aliphatic imine (C=N–C) groups is 1. The topological polar surface area (TPSA) is 58.1 Å². The third kappa shape index (κ3) is 6.18. The minimum atomic E-state index is 0. The van der Waals surface area contributed by atoms with E-state index >= 15 is 0 Å². The van der Waals surface area contributed by atoms with Crippen LogP contribution in [0, 0.1) is 5.92 Å². The predicted molar refractivity (Wildman–Crippen MR) is 121 cm³/mol. The summed E-state index contributed by atoms with van der Waals surface area (Å²) in [6.45, 7) is 12.2. The first kappa shape index (κ1) is 23.2. The van der Waals surface area contributed by atoms with Crippen molar-refractivity contribution < 1.29 is 9.47 Å². The van der Waals surface area contributed by atoms with Crippen LogP contribution in [0.3, 0.4) is 0 Å². The zero-order valence-corrected chi connectivity index (χ0v) is 19.6. The Hall–Kier alpha value is -0.120. The van der Waals surface area contributed by atoms with E-state index in [4.69, 9.17) is 14.5 Å². The van der Waals surface area contributed by atoms with Crippen molar-refractivity contribution in [3.8, 4) is 0 Å². The second kappa shape index (κ2) is 11.8. The standard InChI is InChI=1S/C20H38N4O2.HI/c1-4-15(5-2)18(24-9-11-25-12-10-24)14-22-20(21-6-3)23-17-13-16-7-8-19(17)26-16;/h15-19H,4-14H2,1-3H3,(H2,21,22,23);1H. The molecule has 3 fully saturated rings. The molecule has 0 aromatic rings. The number of morpholine rings is 1. The molecule has 0 spiro atoms. The summed E-state index contributed by atoms with van der Waals surface area (Å²) in [5, 5.41) is 7.09. The Morgan fingerprint density at radius 2 is 1.89 bits per heavy atom. The van der Waals surface area contributed by atoms with Gasteiger partial charge in [-0.2, -0.15) is 0 Å². The highest BCUT2D eigenvalue weighted by Crippen LogP contribution is 2.34. The summed E-state index contributed by atoms with van der Waals surface area (Å²) in [6, 6.07) is 0.919.